The van der Waals surface area contributed by atoms with Crippen molar-refractivity contribution in [2.45, 2.75) is 19.2 Å². The van der Waals surface area contributed by atoms with Crippen molar-refractivity contribution >= 4 is 11.6 Å². The molecule has 1 heterocycles. The summed E-state index contributed by atoms with van der Waals surface area (Å²) in [6.45, 7) is 1.52. The van der Waals surface area contributed by atoms with Gasteiger partial charge in [-0.15, -0.1) is 11.6 Å². The number of hydrogen-bond donors (Lipinski definition) is 0. The van der Waals surface area contributed by atoms with Crippen LogP contribution < -0.4 is 0 Å². The van der Waals surface area contributed by atoms with Crippen molar-refractivity contribution in [1.29, 1.82) is 0 Å². The molecule has 0 atom stereocenters. The summed E-state index contributed by atoms with van der Waals surface area (Å²) in [4.78, 5) is 3.10. The minimum atomic E-state index is -2.79. The second-order valence-electron chi connectivity index (χ2n) is 2.56. The molecular formula is C8H7ClF3N. The first-order valence-electron chi connectivity index (χ1n) is 3.56. The molecule has 0 unspecified atom stereocenters. The molecule has 1 rings (SSSR count). The molecule has 1 aromatic rings. The standard InChI is InChI=1S/C8H7ClF3N/c1-4-2-6(10)13-7(8(11)12)5(4)3-9/h2,8H,3H2,1H3. The second kappa shape index (κ2) is 3.96. The van der Waals surface area contributed by atoms with Gasteiger partial charge in [0.2, 0.25) is 5.95 Å². The van der Waals surface area contributed by atoms with Crippen molar-refractivity contribution in [3.63, 3.8) is 0 Å². The monoisotopic (exact) mass is 209 g/mol. The molecular weight excluding hydrogens is 203 g/mol. The summed E-state index contributed by atoms with van der Waals surface area (Å²) in [5, 5.41) is 0. The Labute approximate surface area is 78.5 Å². The normalized spacial score (nSPS) is 10.9. The van der Waals surface area contributed by atoms with Gasteiger partial charge < -0.3 is 0 Å². The third-order valence-electron chi connectivity index (χ3n) is 1.69. The molecule has 1 aromatic heterocycles. The first-order valence-corrected chi connectivity index (χ1v) is 4.09. The maximum Gasteiger partial charge on any atom is 0.280 e. The van der Waals surface area contributed by atoms with Gasteiger partial charge in [-0.2, -0.15) is 4.39 Å². The average molecular weight is 210 g/mol. The van der Waals surface area contributed by atoms with E-state index in [1.54, 1.807) is 0 Å². The second-order valence-corrected chi connectivity index (χ2v) is 2.83. The van der Waals surface area contributed by atoms with Crippen LogP contribution in [0.3, 0.4) is 0 Å². The molecule has 5 heteroatoms. The molecule has 0 aliphatic rings. The van der Waals surface area contributed by atoms with E-state index in [4.69, 9.17) is 11.6 Å². The Morgan fingerprint density at radius 2 is 2.15 bits per heavy atom. The molecule has 0 spiro atoms. The molecule has 1 nitrogen and oxygen atoms in total. The van der Waals surface area contributed by atoms with Gasteiger partial charge in [0.1, 0.15) is 5.69 Å². The number of aryl methyl sites for hydroxylation is 1. The number of aromatic nitrogens is 1. The molecule has 13 heavy (non-hydrogen) atoms. The lowest BCUT2D eigenvalue weighted by Crippen LogP contribution is -2.02. The van der Waals surface area contributed by atoms with Crippen LogP contribution in [0.1, 0.15) is 23.2 Å². The van der Waals surface area contributed by atoms with E-state index < -0.39 is 18.1 Å². The van der Waals surface area contributed by atoms with Gasteiger partial charge in [0.15, 0.2) is 0 Å². The minimum Gasteiger partial charge on any atom is -0.218 e. The van der Waals surface area contributed by atoms with Crippen LogP contribution in [0.15, 0.2) is 6.07 Å². The minimum absolute atomic E-state index is 0.0845. The highest BCUT2D eigenvalue weighted by molar-refractivity contribution is 6.17. The number of hydrogen-bond acceptors (Lipinski definition) is 1. The summed E-state index contributed by atoms with van der Waals surface area (Å²) in [6.07, 6.45) is -2.79. The molecule has 0 radical (unpaired) electrons. The lowest BCUT2D eigenvalue weighted by Gasteiger charge is -2.07. The fourth-order valence-electron chi connectivity index (χ4n) is 1.04. The number of pyridine rings is 1. The van der Waals surface area contributed by atoms with E-state index in [-0.39, 0.29) is 11.4 Å². The van der Waals surface area contributed by atoms with Crippen molar-refractivity contribution in [3.8, 4) is 0 Å². The molecule has 72 valence electrons. The topological polar surface area (TPSA) is 12.9 Å². The number of halogens is 4. The molecule has 0 amide bonds. The third-order valence-corrected chi connectivity index (χ3v) is 1.96. The maximum atomic E-state index is 12.6. The molecule has 0 bridgehead atoms. The predicted molar refractivity (Wildman–Crippen MR) is 43.4 cm³/mol. The highest BCUT2D eigenvalue weighted by Gasteiger charge is 2.17. The van der Waals surface area contributed by atoms with Crippen LogP contribution >= 0.6 is 11.6 Å². The molecule has 0 saturated heterocycles. The quantitative estimate of drug-likeness (QED) is 0.538. The third kappa shape index (κ3) is 2.12. The summed E-state index contributed by atoms with van der Waals surface area (Å²) < 4.78 is 37.2. The molecule has 0 fully saturated rings. The summed E-state index contributed by atoms with van der Waals surface area (Å²) in [7, 11) is 0. The highest BCUT2D eigenvalue weighted by Crippen LogP contribution is 2.25. The Hall–Kier alpha value is -0.770. The maximum absolute atomic E-state index is 12.6. The Morgan fingerprint density at radius 1 is 1.54 bits per heavy atom. The lowest BCUT2D eigenvalue weighted by atomic mass is 10.1. The van der Waals surface area contributed by atoms with Gasteiger partial charge in [-0.3, -0.25) is 0 Å². The number of nitrogens with zero attached hydrogens (tertiary/aromatic N) is 1. The van der Waals surface area contributed by atoms with Gasteiger partial charge >= 0.3 is 0 Å². The average Bonchev–Trinajstić information content (AvgIpc) is 2.02. The van der Waals surface area contributed by atoms with Gasteiger partial charge in [0, 0.05) is 5.88 Å². The lowest BCUT2D eigenvalue weighted by molar-refractivity contribution is 0.143. The summed E-state index contributed by atoms with van der Waals surface area (Å²) in [6, 6.07) is 1.09. The van der Waals surface area contributed by atoms with Crippen LogP contribution in [0.5, 0.6) is 0 Å². The first kappa shape index (κ1) is 10.3. The Bertz CT molecular complexity index is 315. The van der Waals surface area contributed by atoms with Crippen molar-refractivity contribution in [2.24, 2.45) is 0 Å². The Kier molecular flexibility index (Phi) is 3.14. The molecule has 0 aliphatic carbocycles. The van der Waals surface area contributed by atoms with Crippen LogP contribution in [0.2, 0.25) is 0 Å². The first-order chi connectivity index (χ1) is 6.06. The van der Waals surface area contributed by atoms with E-state index >= 15 is 0 Å². The zero-order chi connectivity index (χ0) is 10.0. The summed E-state index contributed by atoms with van der Waals surface area (Å²) in [5.74, 6) is -0.986. The van der Waals surface area contributed by atoms with E-state index in [0.29, 0.717) is 5.56 Å². The number of alkyl halides is 3. The van der Waals surface area contributed by atoms with Gasteiger partial charge in [-0.25, -0.2) is 13.8 Å². The molecule has 0 saturated carbocycles. The van der Waals surface area contributed by atoms with Gasteiger partial charge in [0.25, 0.3) is 6.43 Å². The zero-order valence-corrected chi connectivity index (χ0v) is 7.58. The fourth-order valence-corrected chi connectivity index (χ4v) is 1.38. The van der Waals surface area contributed by atoms with Crippen LogP contribution in [-0.2, 0) is 5.88 Å². The van der Waals surface area contributed by atoms with Crippen molar-refractivity contribution in [1.82, 2.24) is 4.98 Å². The molecule has 0 aromatic carbocycles. The van der Waals surface area contributed by atoms with Crippen molar-refractivity contribution in [2.75, 3.05) is 0 Å². The van der Waals surface area contributed by atoms with E-state index in [2.05, 4.69) is 4.98 Å². The summed E-state index contributed by atoms with van der Waals surface area (Å²) in [5.41, 5.74) is 0.0448. The van der Waals surface area contributed by atoms with Crippen LogP contribution in [0, 0.1) is 12.9 Å². The van der Waals surface area contributed by atoms with Crippen molar-refractivity contribution < 1.29 is 13.2 Å². The van der Waals surface area contributed by atoms with E-state index in [9.17, 15) is 13.2 Å². The molecule has 0 N–H and O–H groups in total. The van der Waals surface area contributed by atoms with E-state index in [1.807, 2.05) is 0 Å². The zero-order valence-electron chi connectivity index (χ0n) is 6.82. The predicted octanol–water partition coefficient (Wildman–Crippen LogP) is 3.21. The smallest absolute Gasteiger partial charge is 0.218 e. The largest absolute Gasteiger partial charge is 0.280 e. The van der Waals surface area contributed by atoms with Gasteiger partial charge in [0.05, 0.1) is 0 Å². The van der Waals surface area contributed by atoms with E-state index in [1.165, 1.54) is 6.92 Å². The SMILES string of the molecule is Cc1cc(F)nc(C(F)F)c1CCl. The van der Waals surface area contributed by atoms with Crippen LogP contribution in [0.25, 0.3) is 0 Å². The van der Waals surface area contributed by atoms with Gasteiger partial charge in [-0.05, 0) is 24.1 Å². The summed E-state index contributed by atoms with van der Waals surface area (Å²) >= 11 is 5.44. The Balaban J connectivity index is 3.29. The Morgan fingerprint density at radius 3 is 2.62 bits per heavy atom. The van der Waals surface area contributed by atoms with Crippen molar-refractivity contribution in [3.05, 3.63) is 28.8 Å². The van der Waals surface area contributed by atoms with Crippen LogP contribution in [0.4, 0.5) is 13.2 Å². The molecule has 0 aliphatic heterocycles. The van der Waals surface area contributed by atoms with E-state index in [0.717, 1.165) is 6.07 Å². The highest BCUT2D eigenvalue weighted by atomic mass is 35.5. The van der Waals surface area contributed by atoms with Gasteiger partial charge in [-0.1, -0.05) is 0 Å². The fraction of sp³-hybridized carbons (Fsp3) is 0.375. The van der Waals surface area contributed by atoms with Crippen LogP contribution in [-0.4, -0.2) is 4.98 Å². The number of rotatable bonds is 2.